The minimum Gasteiger partial charge on any atom is -0.335 e. The van der Waals surface area contributed by atoms with Gasteiger partial charge >= 0.3 is 6.03 Å². The molecule has 23 heavy (non-hydrogen) atoms. The number of nitrogens with zero attached hydrogens (tertiary/aromatic N) is 4. The molecule has 2 heterocycles. The monoisotopic (exact) mass is 336 g/mol. The molecule has 0 spiro atoms. The molecule has 2 aromatic heterocycles. The number of aromatic nitrogens is 4. The number of urea groups is 1. The van der Waals surface area contributed by atoms with Crippen molar-refractivity contribution >= 4 is 29.5 Å². The van der Waals surface area contributed by atoms with Crippen LogP contribution in [-0.4, -0.2) is 43.3 Å². The van der Waals surface area contributed by atoms with Crippen molar-refractivity contribution in [1.82, 2.24) is 30.2 Å². The molecule has 0 fully saturated rings. The Bertz CT molecular complexity index is 729. The van der Waals surface area contributed by atoms with Crippen LogP contribution >= 0.6 is 11.8 Å². The van der Waals surface area contributed by atoms with Crippen molar-refractivity contribution in [2.45, 2.75) is 45.3 Å². The van der Waals surface area contributed by atoms with Crippen LogP contribution < -0.4 is 10.6 Å². The Hall–Kier alpha value is -2.16. The molecular weight excluding hydrogens is 316 g/mol. The lowest BCUT2D eigenvalue weighted by atomic mass is 10.3. The van der Waals surface area contributed by atoms with Crippen LogP contribution in [0.4, 0.5) is 4.79 Å². The zero-order valence-corrected chi connectivity index (χ0v) is 14.4. The molecule has 0 aliphatic rings. The van der Waals surface area contributed by atoms with Gasteiger partial charge in [0.2, 0.25) is 5.91 Å². The number of carbonyl (C=O) groups excluding carboxylic acids is 2. The Balaban J connectivity index is 1.96. The first-order valence-electron chi connectivity index (χ1n) is 7.33. The normalized spacial score (nSPS) is 12.2. The highest BCUT2D eigenvalue weighted by molar-refractivity contribution is 7.99. The second-order valence-electron chi connectivity index (χ2n) is 5.28. The first-order valence-corrected chi connectivity index (χ1v) is 8.31. The average molecular weight is 336 g/mol. The quantitative estimate of drug-likeness (QED) is 0.802. The van der Waals surface area contributed by atoms with Gasteiger partial charge < -0.3 is 5.32 Å². The van der Waals surface area contributed by atoms with Gasteiger partial charge in [0.1, 0.15) is 0 Å². The van der Waals surface area contributed by atoms with E-state index in [0.29, 0.717) is 10.9 Å². The summed E-state index contributed by atoms with van der Waals surface area (Å²) in [5.74, 6) is 0.187. The molecule has 0 aliphatic carbocycles. The Morgan fingerprint density at radius 1 is 1.35 bits per heavy atom. The molecule has 0 saturated heterocycles. The van der Waals surface area contributed by atoms with E-state index in [2.05, 4.69) is 25.8 Å². The Labute approximate surface area is 138 Å². The molecule has 2 N–H and O–H groups in total. The summed E-state index contributed by atoms with van der Waals surface area (Å²) in [6.07, 6.45) is 0.799. The molecule has 2 rings (SSSR count). The zero-order chi connectivity index (χ0) is 17.0. The van der Waals surface area contributed by atoms with E-state index in [1.807, 2.05) is 33.8 Å². The van der Waals surface area contributed by atoms with E-state index >= 15 is 0 Å². The lowest BCUT2D eigenvalue weighted by Gasteiger charge is -2.11. The topological polar surface area (TPSA) is 101 Å². The summed E-state index contributed by atoms with van der Waals surface area (Å²) < 4.78 is 1.78. The van der Waals surface area contributed by atoms with Gasteiger partial charge in [-0.05, 0) is 33.3 Å². The van der Waals surface area contributed by atoms with Crippen molar-refractivity contribution < 1.29 is 9.59 Å². The summed E-state index contributed by atoms with van der Waals surface area (Å²) in [6, 6.07) is 1.46. The fraction of sp³-hybridized carbons (Fsp3) is 0.500. The van der Waals surface area contributed by atoms with Gasteiger partial charge in [-0.15, -0.1) is 10.2 Å². The minimum absolute atomic E-state index is 0.0212. The van der Waals surface area contributed by atoms with Crippen LogP contribution in [0.2, 0.25) is 0 Å². The van der Waals surface area contributed by atoms with Crippen LogP contribution in [0, 0.1) is 13.8 Å². The van der Waals surface area contributed by atoms with Crippen molar-refractivity contribution in [2.24, 2.45) is 0 Å². The number of amides is 3. The third kappa shape index (κ3) is 4.41. The Morgan fingerprint density at radius 3 is 2.78 bits per heavy atom. The maximum atomic E-state index is 11.8. The molecule has 2 aromatic rings. The summed E-state index contributed by atoms with van der Waals surface area (Å²) in [6.45, 7) is 7.64. The molecule has 9 heteroatoms. The van der Waals surface area contributed by atoms with Gasteiger partial charge in [-0.1, -0.05) is 18.7 Å². The number of carbonyl (C=O) groups is 2. The molecule has 0 saturated carbocycles. The molecule has 3 amide bonds. The summed E-state index contributed by atoms with van der Waals surface area (Å²) in [5, 5.41) is 13.6. The summed E-state index contributed by atoms with van der Waals surface area (Å²) >= 11 is 1.21. The van der Waals surface area contributed by atoms with E-state index in [4.69, 9.17) is 0 Å². The lowest BCUT2D eigenvalue weighted by molar-refractivity contribution is -0.117. The van der Waals surface area contributed by atoms with E-state index in [1.54, 1.807) is 4.40 Å². The number of aryl methyl sites for hydroxylation is 2. The Morgan fingerprint density at radius 2 is 2.09 bits per heavy atom. The highest BCUT2D eigenvalue weighted by Crippen LogP contribution is 2.18. The van der Waals surface area contributed by atoms with E-state index in [0.717, 1.165) is 17.8 Å². The van der Waals surface area contributed by atoms with E-state index in [-0.39, 0.29) is 17.7 Å². The van der Waals surface area contributed by atoms with Crippen LogP contribution in [0.3, 0.4) is 0 Å². The van der Waals surface area contributed by atoms with Gasteiger partial charge in [-0.25, -0.2) is 9.78 Å². The van der Waals surface area contributed by atoms with Gasteiger partial charge in [-0.3, -0.25) is 14.5 Å². The lowest BCUT2D eigenvalue weighted by Crippen LogP contribution is -2.43. The number of hydrogen-bond donors (Lipinski definition) is 2. The molecule has 0 aliphatic heterocycles. The third-order valence-corrected chi connectivity index (χ3v) is 4.17. The predicted molar refractivity (Wildman–Crippen MR) is 87.4 cm³/mol. The van der Waals surface area contributed by atoms with Crippen LogP contribution in [0.5, 0.6) is 0 Å². The zero-order valence-electron chi connectivity index (χ0n) is 13.6. The summed E-state index contributed by atoms with van der Waals surface area (Å²) in [4.78, 5) is 27.7. The van der Waals surface area contributed by atoms with Crippen molar-refractivity contribution in [3.05, 3.63) is 17.5 Å². The fourth-order valence-corrected chi connectivity index (χ4v) is 2.73. The number of imide groups is 1. The number of rotatable bonds is 5. The molecular formula is C14H20N6O2S. The number of thioether (sulfide) groups is 1. The molecule has 124 valence electrons. The smallest absolute Gasteiger partial charge is 0.321 e. The van der Waals surface area contributed by atoms with Gasteiger partial charge in [-0.2, -0.15) is 0 Å². The van der Waals surface area contributed by atoms with Crippen molar-refractivity contribution in [3.63, 3.8) is 0 Å². The molecule has 0 unspecified atom stereocenters. The predicted octanol–water partition coefficient (Wildman–Crippen LogP) is 1.46. The first-order chi connectivity index (χ1) is 10.9. The van der Waals surface area contributed by atoms with E-state index in [1.165, 1.54) is 11.8 Å². The van der Waals surface area contributed by atoms with Gasteiger partial charge in [0, 0.05) is 17.4 Å². The van der Waals surface area contributed by atoms with E-state index < -0.39 is 6.03 Å². The molecule has 0 radical (unpaired) electrons. The molecule has 1 atom stereocenters. The van der Waals surface area contributed by atoms with Crippen molar-refractivity contribution in [3.8, 4) is 0 Å². The highest BCUT2D eigenvalue weighted by Gasteiger charge is 2.14. The fourth-order valence-electron chi connectivity index (χ4n) is 1.95. The second-order valence-corrected chi connectivity index (χ2v) is 6.22. The van der Waals surface area contributed by atoms with Gasteiger partial charge in [0.15, 0.2) is 5.16 Å². The molecule has 0 aromatic carbocycles. The highest BCUT2D eigenvalue weighted by atomic mass is 32.2. The third-order valence-electron chi connectivity index (χ3n) is 3.24. The molecule has 0 bridgehead atoms. The maximum Gasteiger partial charge on any atom is 0.321 e. The SMILES string of the molecule is CC[C@@H](C)NC(=O)NC(=O)CSc1nnc2nc(C)cc(C)n12. The summed E-state index contributed by atoms with van der Waals surface area (Å²) in [7, 11) is 0. The average Bonchev–Trinajstić information content (AvgIpc) is 2.87. The van der Waals surface area contributed by atoms with Crippen molar-refractivity contribution in [1.29, 1.82) is 0 Å². The minimum atomic E-state index is -0.482. The van der Waals surface area contributed by atoms with Crippen LogP contribution in [0.25, 0.3) is 5.78 Å². The van der Waals surface area contributed by atoms with E-state index in [9.17, 15) is 9.59 Å². The van der Waals surface area contributed by atoms with Crippen LogP contribution in [0.15, 0.2) is 11.2 Å². The van der Waals surface area contributed by atoms with Gasteiger partial charge in [0.05, 0.1) is 5.75 Å². The number of hydrogen-bond acceptors (Lipinski definition) is 6. The first kappa shape index (κ1) is 17.2. The van der Waals surface area contributed by atoms with Crippen LogP contribution in [-0.2, 0) is 4.79 Å². The van der Waals surface area contributed by atoms with Gasteiger partial charge in [0.25, 0.3) is 5.78 Å². The largest absolute Gasteiger partial charge is 0.335 e. The van der Waals surface area contributed by atoms with Crippen molar-refractivity contribution in [2.75, 3.05) is 5.75 Å². The maximum absolute atomic E-state index is 11.8. The van der Waals surface area contributed by atoms with Crippen LogP contribution in [0.1, 0.15) is 31.7 Å². The molecule has 8 nitrogen and oxygen atoms in total. The number of nitrogens with one attached hydrogen (secondary N) is 2. The Kier molecular flexibility index (Phi) is 5.54. The summed E-state index contributed by atoms with van der Waals surface area (Å²) in [5.41, 5.74) is 1.80. The standard InChI is InChI=1S/C14H20N6O2S/c1-5-8(2)16-13(22)17-11(21)7-23-14-19-18-12-15-9(3)6-10(4)20(12)14/h6,8H,5,7H2,1-4H3,(H2,16,17,21,22)/t8-/m1/s1. The second kappa shape index (κ2) is 7.40. The number of fused-ring (bicyclic) bond motifs is 1.